The highest BCUT2D eigenvalue weighted by molar-refractivity contribution is 5.32. The minimum atomic E-state index is -0.217. The summed E-state index contributed by atoms with van der Waals surface area (Å²) in [5.74, 6) is 0.560. The van der Waals surface area contributed by atoms with E-state index in [1.54, 1.807) is 0 Å². The van der Waals surface area contributed by atoms with Gasteiger partial charge in [-0.25, -0.2) is 0 Å². The Morgan fingerprint density at radius 2 is 2.05 bits per heavy atom. The summed E-state index contributed by atoms with van der Waals surface area (Å²) in [6, 6.07) is 11.1. The predicted octanol–water partition coefficient (Wildman–Crippen LogP) is 3.75. The summed E-state index contributed by atoms with van der Waals surface area (Å²) in [4.78, 5) is 0. The highest BCUT2D eigenvalue weighted by atomic mass is 16.5. The van der Waals surface area contributed by atoms with Crippen LogP contribution in [0.2, 0.25) is 0 Å². The van der Waals surface area contributed by atoms with Crippen LogP contribution in [0.4, 0.5) is 0 Å². The lowest BCUT2D eigenvalue weighted by Crippen LogP contribution is -2.29. The van der Waals surface area contributed by atoms with Gasteiger partial charge in [0.15, 0.2) is 0 Å². The van der Waals surface area contributed by atoms with Gasteiger partial charge in [0.05, 0.1) is 11.5 Å². The molecule has 0 amide bonds. The average Bonchev–Trinajstić information content (AvgIpc) is 2.43. The molecule has 0 saturated heterocycles. The van der Waals surface area contributed by atoms with Crippen molar-refractivity contribution in [1.82, 2.24) is 0 Å². The predicted molar refractivity (Wildman–Crippen MR) is 76.8 cm³/mol. The van der Waals surface area contributed by atoms with E-state index in [9.17, 15) is 5.26 Å². The highest BCUT2D eigenvalue weighted by Crippen LogP contribution is 2.37. The molecule has 0 radical (unpaired) electrons. The van der Waals surface area contributed by atoms with Crippen molar-refractivity contribution in [2.24, 2.45) is 11.3 Å². The largest absolute Gasteiger partial charge is 0.381 e. The Kier molecular flexibility index (Phi) is 4.61. The quantitative estimate of drug-likeness (QED) is 0.753. The van der Waals surface area contributed by atoms with Crippen LogP contribution in [0.15, 0.2) is 24.3 Å². The second-order valence-electron chi connectivity index (χ2n) is 6.06. The Labute approximate surface area is 116 Å². The molecule has 1 unspecified atom stereocenters. The molecule has 0 bridgehead atoms. The number of hydrogen-bond acceptors (Lipinski definition) is 2. The zero-order chi connectivity index (χ0) is 13.7. The fraction of sp³-hybridized carbons (Fsp3) is 0.588. The number of fused-ring (bicyclic) bond motifs is 1. The summed E-state index contributed by atoms with van der Waals surface area (Å²) in [5.41, 5.74) is 2.54. The molecule has 1 atom stereocenters. The van der Waals surface area contributed by atoms with Crippen molar-refractivity contribution >= 4 is 0 Å². The molecule has 1 aromatic rings. The van der Waals surface area contributed by atoms with Crippen LogP contribution in [-0.4, -0.2) is 13.2 Å². The average molecular weight is 257 g/mol. The van der Waals surface area contributed by atoms with E-state index in [0.29, 0.717) is 12.5 Å². The van der Waals surface area contributed by atoms with Crippen molar-refractivity contribution in [2.45, 2.75) is 39.5 Å². The summed E-state index contributed by atoms with van der Waals surface area (Å²) < 4.78 is 5.66. The van der Waals surface area contributed by atoms with Gasteiger partial charge in [0, 0.05) is 13.2 Å². The van der Waals surface area contributed by atoms with Gasteiger partial charge in [-0.1, -0.05) is 38.1 Å². The highest BCUT2D eigenvalue weighted by Gasteiger charge is 2.34. The normalized spacial score (nSPS) is 22.0. The molecule has 1 aromatic carbocycles. The standard InChI is InChI=1S/C17H23NO/c1-14(2)12-19-10-9-17(13-18)8-7-15-5-3-4-6-16(15)11-17/h3-6,14H,7-12H2,1-2H3. The third kappa shape index (κ3) is 3.58. The molecule has 0 N–H and O–H groups in total. The maximum absolute atomic E-state index is 9.57. The van der Waals surface area contributed by atoms with Gasteiger partial charge in [-0.3, -0.25) is 0 Å². The number of nitrogens with zero attached hydrogens (tertiary/aromatic N) is 1. The molecule has 0 saturated carbocycles. The first kappa shape index (κ1) is 14.1. The molecule has 2 nitrogen and oxygen atoms in total. The Morgan fingerprint density at radius 3 is 2.74 bits per heavy atom. The second kappa shape index (κ2) is 6.21. The summed E-state index contributed by atoms with van der Waals surface area (Å²) in [5, 5.41) is 9.57. The molecule has 0 spiro atoms. The first-order valence-electron chi connectivity index (χ1n) is 7.21. The van der Waals surface area contributed by atoms with Crippen LogP contribution >= 0.6 is 0 Å². The monoisotopic (exact) mass is 257 g/mol. The fourth-order valence-corrected chi connectivity index (χ4v) is 2.75. The van der Waals surface area contributed by atoms with Crippen molar-refractivity contribution in [3.63, 3.8) is 0 Å². The smallest absolute Gasteiger partial charge is 0.0694 e. The Hall–Kier alpha value is -1.33. The van der Waals surface area contributed by atoms with Crippen LogP contribution in [0.1, 0.15) is 37.8 Å². The molecule has 0 fully saturated rings. The van der Waals surface area contributed by atoms with Crippen LogP contribution in [0.25, 0.3) is 0 Å². The van der Waals surface area contributed by atoms with Crippen LogP contribution in [0.3, 0.4) is 0 Å². The van der Waals surface area contributed by atoms with Crippen LogP contribution in [-0.2, 0) is 17.6 Å². The van der Waals surface area contributed by atoms with E-state index in [4.69, 9.17) is 4.74 Å². The molecule has 0 heterocycles. The lowest BCUT2D eigenvalue weighted by atomic mass is 9.71. The number of rotatable bonds is 5. The van der Waals surface area contributed by atoms with Gasteiger partial charge < -0.3 is 4.74 Å². The summed E-state index contributed by atoms with van der Waals surface area (Å²) in [7, 11) is 0. The van der Waals surface area contributed by atoms with Crippen molar-refractivity contribution in [2.75, 3.05) is 13.2 Å². The zero-order valence-electron chi connectivity index (χ0n) is 12.0. The Bertz CT molecular complexity index is 461. The Morgan fingerprint density at radius 1 is 1.32 bits per heavy atom. The lowest BCUT2D eigenvalue weighted by Gasteiger charge is -2.32. The first-order chi connectivity index (χ1) is 9.15. The zero-order valence-corrected chi connectivity index (χ0v) is 12.0. The van der Waals surface area contributed by atoms with Gasteiger partial charge in [-0.2, -0.15) is 5.26 Å². The summed E-state index contributed by atoms with van der Waals surface area (Å²) in [6.07, 6.45) is 3.72. The maximum atomic E-state index is 9.57. The molecule has 19 heavy (non-hydrogen) atoms. The van der Waals surface area contributed by atoms with Crippen molar-refractivity contribution in [3.05, 3.63) is 35.4 Å². The van der Waals surface area contributed by atoms with Crippen LogP contribution < -0.4 is 0 Å². The third-order valence-corrected chi connectivity index (χ3v) is 3.93. The van der Waals surface area contributed by atoms with Gasteiger partial charge in [0.1, 0.15) is 0 Å². The number of nitriles is 1. The van der Waals surface area contributed by atoms with Crippen LogP contribution in [0, 0.1) is 22.7 Å². The molecule has 2 heteroatoms. The number of benzene rings is 1. The number of ether oxygens (including phenoxy) is 1. The van der Waals surface area contributed by atoms with Gasteiger partial charge in [-0.15, -0.1) is 0 Å². The number of hydrogen-bond donors (Lipinski definition) is 0. The molecule has 0 aromatic heterocycles. The van der Waals surface area contributed by atoms with Gasteiger partial charge >= 0.3 is 0 Å². The molecular formula is C17H23NO. The van der Waals surface area contributed by atoms with Crippen molar-refractivity contribution in [1.29, 1.82) is 5.26 Å². The van der Waals surface area contributed by atoms with Crippen molar-refractivity contribution < 1.29 is 4.74 Å². The maximum Gasteiger partial charge on any atom is 0.0694 e. The molecule has 2 rings (SSSR count). The van der Waals surface area contributed by atoms with E-state index in [-0.39, 0.29) is 5.41 Å². The minimum absolute atomic E-state index is 0.217. The molecule has 1 aliphatic rings. The first-order valence-corrected chi connectivity index (χ1v) is 7.21. The summed E-state index contributed by atoms with van der Waals surface area (Å²) >= 11 is 0. The van der Waals surface area contributed by atoms with Gasteiger partial charge in [-0.05, 0) is 42.7 Å². The van der Waals surface area contributed by atoms with Crippen molar-refractivity contribution in [3.8, 4) is 6.07 Å². The molecule has 1 aliphatic carbocycles. The van der Waals surface area contributed by atoms with E-state index < -0.39 is 0 Å². The van der Waals surface area contributed by atoms with Gasteiger partial charge in [0.25, 0.3) is 0 Å². The van der Waals surface area contributed by atoms with Gasteiger partial charge in [0.2, 0.25) is 0 Å². The fourth-order valence-electron chi connectivity index (χ4n) is 2.75. The van der Waals surface area contributed by atoms with Crippen LogP contribution in [0.5, 0.6) is 0 Å². The SMILES string of the molecule is CC(C)COCCC1(C#N)CCc2ccccc2C1. The van der Waals surface area contributed by atoms with E-state index in [2.05, 4.69) is 44.2 Å². The van der Waals surface area contributed by atoms with E-state index in [0.717, 1.165) is 32.3 Å². The number of aryl methyl sites for hydroxylation is 1. The summed E-state index contributed by atoms with van der Waals surface area (Å²) in [6.45, 7) is 5.79. The molecule has 0 aliphatic heterocycles. The van der Waals surface area contributed by atoms with E-state index >= 15 is 0 Å². The third-order valence-electron chi connectivity index (χ3n) is 3.93. The Balaban J connectivity index is 1.96. The topological polar surface area (TPSA) is 33.0 Å². The van der Waals surface area contributed by atoms with E-state index in [1.165, 1.54) is 11.1 Å². The minimum Gasteiger partial charge on any atom is -0.381 e. The lowest BCUT2D eigenvalue weighted by molar-refractivity contribution is 0.0852. The second-order valence-corrected chi connectivity index (χ2v) is 6.06. The van der Waals surface area contributed by atoms with E-state index in [1.807, 2.05) is 0 Å². The molecule has 102 valence electrons. The molecular weight excluding hydrogens is 234 g/mol.